The Balaban J connectivity index is 1.77. The number of nitrogens with zero attached hydrogens (tertiary/aromatic N) is 3. The van der Waals surface area contributed by atoms with Gasteiger partial charge in [-0.15, -0.1) is 0 Å². The van der Waals surface area contributed by atoms with Crippen molar-refractivity contribution in [3.05, 3.63) is 18.5 Å². The molecule has 24 heavy (non-hydrogen) atoms. The Bertz CT molecular complexity index is 746. The van der Waals surface area contributed by atoms with E-state index >= 15 is 0 Å². The molecule has 1 aliphatic rings. The van der Waals surface area contributed by atoms with Gasteiger partial charge in [0, 0.05) is 31.0 Å². The molecule has 0 spiro atoms. The number of hydroxylamine groups is 1. The smallest absolute Gasteiger partial charge is 0.243 e. The molecule has 3 rings (SSSR count). The molecule has 0 aliphatic carbocycles. The first-order chi connectivity index (χ1) is 11.7. The molecule has 1 saturated heterocycles. The van der Waals surface area contributed by atoms with Crippen molar-refractivity contribution in [2.75, 3.05) is 32.2 Å². The second-order valence-electron chi connectivity index (χ2n) is 5.77. The molecule has 1 aliphatic heterocycles. The van der Waals surface area contributed by atoms with Crippen LogP contribution in [0.4, 0.5) is 5.82 Å². The zero-order valence-corrected chi connectivity index (χ0v) is 13.7. The van der Waals surface area contributed by atoms with Gasteiger partial charge in [-0.3, -0.25) is 10.0 Å². The molecule has 0 radical (unpaired) electrons. The number of benzene rings is 1. The van der Waals surface area contributed by atoms with Crippen LogP contribution in [0.15, 0.2) is 18.5 Å². The van der Waals surface area contributed by atoms with Crippen LogP contribution in [0.3, 0.4) is 0 Å². The number of nitrogens with one attached hydrogen (secondary N) is 1. The van der Waals surface area contributed by atoms with Gasteiger partial charge < -0.3 is 14.4 Å². The maximum atomic E-state index is 11.1. The molecule has 2 N–H and O–H groups in total. The Labute approximate surface area is 139 Å². The van der Waals surface area contributed by atoms with Crippen molar-refractivity contribution in [3.8, 4) is 11.5 Å². The lowest BCUT2D eigenvalue weighted by Gasteiger charge is -2.40. The molecule has 8 heteroatoms. The average Bonchev–Trinajstić information content (AvgIpc) is 2.58. The quantitative estimate of drug-likeness (QED) is 0.609. The van der Waals surface area contributed by atoms with Crippen LogP contribution in [0.1, 0.15) is 12.8 Å². The largest absolute Gasteiger partial charge is 0.493 e. The molecular formula is C16H20N4O4. The Morgan fingerprint density at radius 2 is 2.00 bits per heavy atom. The maximum Gasteiger partial charge on any atom is 0.243 e. The summed E-state index contributed by atoms with van der Waals surface area (Å²) in [6.45, 7) is 1.64. The van der Waals surface area contributed by atoms with E-state index < -0.39 is 0 Å². The van der Waals surface area contributed by atoms with Gasteiger partial charge in [-0.2, -0.15) is 0 Å². The van der Waals surface area contributed by atoms with Gasteiger partial charge in [-0.05, 0) is 18.4 Å². The summed E-state index contributed by atoms with van der Waals surface area (Å²) in [6.07, 6.45) is 2.60. The maximum absolute atomic E-state index is 11.1. The first-order valence-corrected chi connectivity index (χ1v) is 7.71. The number of carbonyl (C=O) groups is 1. The van der Waals surface area contributed by atoms with Crippen LogP contribution in [0.2, 0.25) is 0 Å². The second kappa shape index (κ2) is 6.88. The number of carbonyl (C=O) groups excluding carboxylic acids is 1. The van der Waals surface area contributed by atoms with Gasteiger partial charge >= 0.3 is 0 Å². The molecule has 1 amide bonds. The van der Waals surface area contributed by atoms with Crippen molar-refractivity contribution >= 4 is 22.6 Å². The first-order valence-electron chi connectivity index (χ1n) is 7.71. The van der Waals surface area contributed by atoms with Gasteiger partial charge in [-0.1, -0.05) is 0 Å². The molecule has 2 aromatic rings. The summed E-state index contributed by atoms with van der Waals surface area (Å²) in [6, 6.07) is 3.72. The van der Waals surface area contributed by atoms with E-state index in [4.69, 9.17) is 14.7 Å². The molecule has 0 bridgehead atoms. The Morgan fingerprint density at radius 1 is 1.29 bits per heavy atom. The van der Waals surface area contributed by atoms with Gasteiger partial charge in [0.2, 0.25) is 5.91 Å². The lowest BCUT2D eigenvalue weighted by atomic mass is 9.94. The fourth-order valence-electron chi connectivity index (χ4n) is 2.94. The van der Waals surface area contributed by atoms with E-state index in [1.165, 1.54) is 6.33 Å². The van der Waals surface area contributed by atoms with Crippen LogP contribution in [0.5, 0.6) is 11.5 Å². The van der Waals surface area contributed by atoms with Crippen LogP contribution >= 0.6 is 0 Å². The number of hydrogen-bond donors (Lipinski definition) is 2. The summed E-state index contributed by atoms with van der Waals surface area (Å²) >= 11 is 0. The standard InChI is InChI=1S/C16H20N4O4/c1-23-13-5-11-12(6-14(13)24-2)17-9-18-16(11)20-7-10(8-20)3-4-15(21)19-22/h5-6,9-10,22H,3-4,7-8H2,1-2H3,(H,19,21). The van der Waals surface area contributed by atoms with Gasteiger partial charge in [0.15, 0.2) is 11.5 Å². The fourth-order valence-corrected chi connectivity index (χ4v) is 2.94. The minimum atomic E-state index is -0.349. The minimum absolute atomic E-state index is 0.324. The van der Waals surface area contributed by atoms with E-state index in [9.17, 15) is 4.79 Å². The minimum Gasteiger partial charge on any atom is -0.493 e. The normalized spacial score (nSPS) is 14.4. The van der Waals surface area contributed by atoms with E-state index in [1.807, 2.05) is 12.1 Å². The van der Waals surface area contributed by atoms with Gasteiger partial charge in [0.05, 0.1) is 19.7 Å². The molecule has 1 fully saturated rings. The third-order valence-corrected chi connectivity index (χ3v) is 4.28. The van der Waals surface area contributed by atoms with Crippen LogP contribution in [0, 0.1) is 5.92 Å². The highest BCUT2D eigenvalue weighted by Crippen LogP contribution is 2.36. The molecule has 8 nitrogen and oxygen atoms in total. The number of hydrogen-bond acceptors (Lipinski definition) is 7. The van der Waals surface area contributed by atoms with Crippen molar-refractivity contribution in [3.63, 3.8) is 0 Å². The van der Waals surface area contributed by atoms with E-state index in [1.54, 1.807) is 19.7 Å². The average molecular weight is 332 g/mol. The number of fused-ring (bicyclic) bond motifs is 1. The predicted molar refractivity (Wildman–Crippen MR) is 87.5 cm³/mol. The highest BCUT2D eigenvalue weighted by molar-refractivity contribution is 5.92. The van der Waals surface area contributed by atoms with Gasteiger partial charge in [0.1, 0.15) is 12.1 Å². The van der Waals surface area contributed by atoms with Crippen molar-refractivity contribution in [1.82, 2.24) is 15.4 Å². The molecule has 0 atom stereocenters. The summed E-state index contributed by atoms with van der Waals surface area (Å²) < 4.78 is 10.7. The summed E-state index contributed by atoms with van der Waals surface area (Å²) in [7, 11) is 3.19. The number of aromatic nitrogens is 2. The zero-order valence-electron chi connectivity index (χ0n) is 13.7. The van der Waals surface area contributed by atoms with Crippen LogP contribution in [-0.4, -0.2) is 48.4 Å². The van der Waals surface area contributed by atoms with Gasteiger partial charge in [-0.25, -0.2) is 15.4 Å². The molecule has 2 heterocycles. The number of anilines is 1. The highest BCUT2D eigenvalue weighted by Gasteiger charge is 2.29. The lowest BCUT2D eigenvalue weighted by molar-refractivity contribution is -0.129. The zero-order chi connectivity index (χ0) is 17.1. The molecule has 0 saturated carbocycles. The molecule has 1 aromatic heterocycles. The summed E-state index contributed by atoms with van der Waals surface area (Å²) in [5, 5.41) is 9.43. The summed E-state index contributed by atoms with van der Waals surface area (Å²) in [5.74, 6) is 2.18. The summed E-state index contributed by atoms with van der Waals surface area (Å²) in [5.41, 5.74) is 2.45. The third-order valence-electron chi connectivity index (χ3n) is 4.28. The molecule has 0 unspecified atom stereocenters. The molecular weight excluding hydrogens is 312 g/mol. The molecule has 1 aromatic carbocycles. The van der Waals surface area contributed by atoms with E-state index in [0.717, 1.165) is 36.2 Å². The SMILES string of the molecule is COc1cc2ncnc(N3CC(CCC(=O)NO)C3)c2cc1OC. The Hall–Kier alpha value is -2.61. The second-order valence-corrected chi connectivity index (χ2v) is 5.77. The van der Waals surface area contributed by atoms with Crippen LogP contribution < -0.4 is 19.9 Å². The highest BCUT2D eigenvalue weighted by atomic mass is 16.5. The van der Waals surface area contributed by atoms with Gasteiger partial charge in [0.25, 0.3) is 0 Å². The number of ether oxygens (including phenoxy) is 2. The monoisotopic (exact) mass is 332 g/mol. The van der Waals surface area contributed by atoms with Crippen LogP contribution in [-0.2, 0) is 4.79 Å². The molecule has 128 valence electrons. The fraction of sp³-hybridized carbons (Fsp3) is 0.438. The van der Waals surface area contributed by atoms with E-state index in [0.29, 0.717) is 23.8 Å². The number of methoxy groups -OCH3 is 2. The summed E-state index contributed by atoms with van der Waals surface area (Å²) in [4.78, 5) is 21.9. The van der Waals surface area contributed by atoms with E-state index in [-0.39, 0.29) is 5.91 Å². The van der Waals surface area contributed by atoms with Crippen molar-refractivity contribution in [2.45, 2.75) is 12.8 Å². The number of amides is 1. The van der Waals surface area contributed by atoms with Crippen molar-refractivity contribution in [2.24, 2.45) is 5.92 Å². The first kappa shape index (κ1) is 16.3. The Kier molecular flexibility index (Phi) is 4.66. The van der Waals surface area contributed by atoms with Crippen molar-refractivity contribution < 1.29 is 19.5 Å². The number of rotatable bonds is 6. The Morgan fingerprint density at radius 3 is 2.67 bits per heavy atom. The third kappa shape index (κ3) is 3.05. The lowest BCUT2D eigenvalue weighted by Crippen LogP contribution is -2.47. The van der Waals surface area contributed by atoms with E-state index in [2.05, 4.69) is 14.9 Å². The van der Waals surface area contributed by atoms with Crippen molar-refractivity contribution in [1.29, 1.82) is 0 Å². The van der Waals surface area contributed by atoms with Crippen LogP contribution in [0.25, 0.3) is 10.9 Å². The topological polar surface area (TPSA) is 96.8 Å². The predicted octanol–water partition coefficient (Wildman–Crippen LogP) is 1.37.